The minimum atomic E-state index is -0.0676. The molecule has 1 aliphatic rings. The number of nitrogens with one attached hydrogen (secondary N) is 1. The third kappa shape index (κ3) is 3.44. The van der Waals surface area contributed by atoms with Crippen LogP contribution in [0.4, 0.5) is 5.69 Å². The molecule has 3 rings (SSSR count). The van der Waals surface area contributed by atoms with E-state index in [4.69, 9.17) is 0 Å². The summed E-state index contributed by atoms with van der Waals surface area (Å²) in [6, 6.07) is 8.16. The van der Waals surface area contributed by atoms with E-state index in [1.807, 2.05) is 49.5 Å². The zero-order chi connectivity index (χ0) is 14.8. The lowest BCUT2D eigenvalue weighted by Gasteiger charge is -2.11. The highest BCUT2D eigenvalue weighted by atomic mass is 32.2. The van der Waals surface area contributed by atoms with E-state index in [0.717, 1.165) is 16.4 Å². The fourth-order valence-corrected chi connectivity index (χ4v) is 5.90. The van der Waals surface area contributed by atoms with Crippen molar-refractivity contribution in [3.63, 3.8) is 0 Å². The van der Waals surface area contributed by atoms with E-state index in [1.54, 1.807) is 0 Å². The highest BCUT2D eigenvalue weighted by Gasteiger charge is 2.19. The fourth-order valence-electron chi connectivity index (χ4n) is 2.24. The molecule has 1 aromatic carbocycles. The largest absolute Gasteiger partial charge is 0.321 e. The Kier molecular flexibility index (Phi) is 4.57. The molecule has 0 saturated carbocycles. The van der Waals surface area contributed by atoms with Crippen LogP contribution in [0.2, 0.25) is 0 Å². The predicted octanol–water partition coefficient (Wildman–Crippen LogP) is 4.49. The minimum absolute atomic E-state index is 0.0676. The van der Waals surface area contributed by atoms with Gasteiger partial charge in [0.15, 0.2) is 0 Å². The van der Waals surface area contributed by atoms with Crippen molar-refractivity contribution >= 4 is 46.5 Å². The molecule has 1 N–H and O–H groups in total. The monoisotopic (exact) mass is 336 g/mol. The van der Waals surface area contributed by atoms with E-state index >= 15 is 0 Å². The number of benzene rings is 1. The minimum Gasteiger partial charge on any atom is -0.321 e. The van der Waals surface area contributed by atoms with Gasteiger partial charge in [0.1, 0.15) is 4.88 Å². The molecule has 6 heteroatoms. The maximum atomic E-state index is 12.3. The second kappa shape index (κ2) is 6.42. The van der Waals surface area contributed by atoms with Gasteiger partial charge in [-0.3, -0.25) is 4.79 Å². The molecular weight excluding hydrogens is 320 g/mol. The zero-order valence-corrected chi connectivity index (χ0v) is 14.3. The van der Waals surface area contributed by atoms with E-state index in [9.17, 15) is 4.79 Å². The number of nitrogens with zero attached hydrogens (tertiary/aromatic N) is 1. The molecule has 0 aliphatic carbocycles. The van der Waals surface area contributed by atoms with Gasteiger partial charge in [-0.25, -0.2) is 4.98 Å². The highest BCUT2D eigenvalue weighted by Crippen LogP contribution is 2.45. The Morgan fingerprint density at radius 1 is 1.29 bits per heavy atom. The maximum absolute atomic E-state index is 12.3. The Hall–Kier alpha value is -0.980. The fraction of sp³-hybridized carbons (Fsp3) is 0.333. The molecule has 1 aromatic heterocycles. The van der Waals surface area contributed by atoms with E-state index in [1.165, 1.54) is 28.4 Å². The first-order valence-corrected chi connectivity index (χ1v) is 9.63. The number of amides is 1. The Morgan fingerprint density at radius 2 is 2.05 bits per heavy atom. The second-order valence-electron chi connectivity index (χ2n) is 4.80. The van der Waals surface area contributed by atoms with Gasteiger partial charge in [0.05, 0.1) is 15.3 Å². The average molecular weight is 337 g/mol. The number of hydrogen-bond acceptors (Lipinski definition) is 5. The smallest absolute Gasteiger partial charge is 0.267 e. The van der Waals surface area contributed by atoms with Crippen LogP contribution in [0.5, 0.6) is 0 Å². The molecule has 110 valence electrons. The molecule has 1 saturated heterocycles. The molecular formula is C15H16N2OS3. The van der Waals surface area contributed by atoms with Gasteiger partial charge in [-0.1, -0.05) is 12.1 Å². The van der Waals surface area contributed by atoms with Crippen LogP contribution in [0.3, 0.4) is 0 Å². The molecule has 3 nitrogen and oxygen atoms in total. The first-order chi connectivity index (χ1) is 10.1. The van der Waals surface area contributed by atoms with Crippen molar-refractivity contribution in [1.82, 2.24) is 4.98 Å². The number of carbonyl (C=O) groups excluding carboxylic acids is 1. The van der Waals surface area contributed by atoms with Crippen LogP contribution in [0.1, 0.15) is 30.5 Å². The molecule has 1 fully saturated rings. The van der Waals surface area contributed by atoms with Gasteiger partial charge in [0.25, 0.3) is 5.91 Å². The average Bonchev–Trinajstić information content (AvgIpc) is 3.08. The van der Waals surface area contributed by atoms with Crippen LogP contribution in [-0.4, -0.2) is 22.4 Å². The third-order valence-corrected chi connectivity index (χ3v) is 7.32. The zero-order valence-electron chi connectivity index (χ0n) is 11.9. The molecule has 2 heterocycles. The molecule has 0 atom stereocenters. The number of anilines is 1. The van der Waals surface area contributed by atoms with Crippen LogP contribution in [0, 0.1) is 13.8 Å². The van der Waals surface area contributed by atoms with Gasteiger partial charge < -0.3 is 5.32 Å². The van der Waals surface area contributed by atoms with Crippen molar-refractivity contribution in [2.75, 3.05) is 16.8 Å². The molecule has 0 unspecified atom stereocenters. The Balaban J connectivity index is 1.77. The SMILES string of the molecule is Cc1nc(C)c(C(=O)Nc2cccc(C3SCCS3)c2)s1. The van der Waals surface area contributed by atoms with E-state index < -0.39 is 0 Å². The summed E-state index contributed by atoms with van der Waals surface area (Å²) in [5, 5.41) is 3.91. The summed E-state index contributed by atoms with van der Waals surface area (Å²) in [7, 11) is 0. The van der Waals surface area contributed by atoms with Crippen molar-refractivity contribution in [3.05, 3.63) is 45.4 Å². The molecule has 0 spiro atoms. The summed E-state index contributed by atoms with van der Waals surface area (Å²) in [6.07, 6.45) is 0. The number of thioether (sulfide) groups is 2. The van der Waals surface area contributed by atoms with Crippen LogP contribution < -0.4 is 5.32 Å². The summed E-state index contributed by atoms with van der Waals surface area (Å²) in [6.45, 7) is 3.80. The van der Waals surface area contributed by atoms with Gasteiger partial charge in [-0.05, 0) is 31.5 Å². The van der Waals surface area contributed by atoms with E-state index in [2.05, 4.69) is 22.4 Å². The summed E-state index contributed by atoms with van der Waals surface area (Å²) < 4.78 is 0.495. The van der Waals surface area contributed by atoms with Crippen molar-refractivity contribution in [2.45, 2.75) is 18.4 Å². The van der Waals surface area contributed by atoms with Gasteiger partial charge in [-0.15, -0.1) is 34.9 Å². The highest BCUT2D eigenvalue weighted by molar-refractivity contribution is 8.19. The Bertz CT molecular complexity index is 663. The topological polar surface area (TPSA) is 42.0 Å². The molecule has 0 bridgehead atoms. The van der Waals surface area contributed by atoms with Crippen LogP contribution in [-0.2, 0) is 0 Å². The maximum Gasteiger partial charge on any atom is 0.267 e. The number of thiazole rings is 1. The number of aromatic nitrogens is 1. The number of hydrogen-bond donors (Lipinski definition) is 1. The lowest BCUT2D eigenvalue weighted by atomic mass is 10.2. The second-order valence-corrected chi connectivity index (χ2v) is 8.73. The summed E-state index contributed by atoms with van der Waals surface area (Å²) in [4.78, 5) is 17.3. The van der Waals surface area contributed by atoms with E-state index in [0.29, 0.717) is 9.46 Å². The van der Waals surface area contributed by atoms with Crippen LogP contribution >= 0.6 is 34.9 Å². The van der Waals surface area contributed by atoms with Gasteiger partial charge >= 0.3 is 0 Å². The van der Waals surface area contributed by atoms with Gasteiger partial charge in [0.2, 0.25) is 0 Å². The van der Waals surface area contributed by atoms with Crippen molar-refractivity contribution in [1.29, 1.82) is 0 Å². The number of carbonyl (C=O) groups is 1. The van der Waals surface area contributed by atoms with Crippen LogP contribution in [0.15, 0.2) is 24.3 Å². The van der Waals surface area contributed by atoms with E-state index in [-0.39, 0.29) is 5.91 Å². The van der Waals surface area contributed by atoms with Crippen LogP contribution in [0.25, 0.3) is 0 Å². The first kappa shape index (κ1) is 14.9. The normalized spacial score (nSPS) is 15.3. The quantitative estimate of drug-likeness (QED) is 0.896. The summed E-state index contributed by atoms with van der Waals surface area (Å²) in [5.74, 6) is 2.33. The van der Waals surface area contributed by atoms with Gasteiger partial charge in [-0.2, -0.15) is 0 Å². The van der Waals surface area contributed by atoms with Crippen molar-refractivity contribution in [2.24, 2.45) is 0 Å². The Morgan fingerprint density at radius 3 is 2.71 bits per heavy atom. The predicted molar refractivity (Wildman–Crippen MR) is 93.6 cm³/mol. The van der Waals surface area contributed by atoms with Crippen molar-refractivity contribution in [3.8, 4) is 0 Å². The number of aryl methyl sites for hydroxylation is 2. The lowest BCUT2D eigenvalue weighted by molar-refractivity contribution is 0.103. The molecule has 1 amide bonds. The molecule has 0 radical (unpaired) electrons. The number of rotatable bonds is 3. The standard InChI is InChI=1S/C15H16N2OS3/c1-9-13(21-10(2)16-9)14(18)17-12-5-3-4-11(8-12)15-19-6-7-20-15/h3-5,8,15H,6-7H2,1-2H3,(H,17,18). The third-order valence-electron chi connectivity index (χ3n) is 3.15. The summed E-state index contributed by atoms with van der Waals surface area (Å²) >= 11 is 5.37. The van der Waals surface area contributed by atoms with Crippen molar-refractivity contribution < 1.29 is 4.79 Å². The lowest BCUT2D eigenvalue weighted by Crippen LogP contribution is -2.11. The molecule has 21 heavy (non-hydrogen) atoms. The summed E-state index contributed by atoms with van der Waals surface area (Å²) in [5.41, 5.74) is 2.93. The molecule has 2 aromatic rings. The van der Waals surface area contributed by atoms with Gasteiger partial charge in [0, 0.05) is 17.2 Å². The molecule has 1 aliphatic heterocycles. The Labute approximate surface area is 136 Å². The first-order valence-electron chi connectivity index (χ1n) is 6.72.